The van der Waals surface area contributed by atoms with Crippen molar-refractivity contribution >= 4 is 63.7 Å². The summed E-state index contributed by atoms with van der Waals surface area (Å²) in [4.78, 5) is 12.1. The number of sulfone groups is 1. The summed E-state index contributed by atoms with van der Waals surface area (Å²) >= 11 is 0. The Hall–Kier alpha value is -8.26. The Morgan fingerprint density at radius 1 is 0.543 bits per heavy atom. The average molecular weight is 973 g/mol. The molecular weight excluding hydrogens is 923 g/mol. The molecule has 0 fully saturated rings. The SMILES string of the molecule is COc1ccc(S(=O)(=O)Cc2cc(-c3c(O)ccc4ccccc34)c(O)c3ccccc23)cc1.COc1ccc(S(=O)(=O)N=C2C=CC(=O)c3ccccc32)cc1.Oc1ccc2ccccc2c1.[2H]CC. The minimum Gasteiger partial charge on any atom is -0.508 e. The predicted molar refractivity (Wildman–Crippen MR) is 278 cm³/mol. The summed E-state index contributed by atoms with van der Waals surface area (Å²) in [7, 11) is -4.54. The van der Waals surface area contributed by atoms with Crippen LogP contribution in [0.15, 0.2) is 208 Å². The van der Waals surface area contributed by atoms with Crippen molar-refractivity contribution in [1.82, 2.24) is 0 Å². The Kier molecular flexibility index (Phi) is 15.0. The van der Waals surface area contributed by atoms with Gasteiger partial charge in [0.2, 0.25) is 0 Å². The quantitative estimate of drug-likeness (QED) is 0.133. The number of phenols is 3. The number of fused-ring (bicyclic) bond motifs is 4. The van der Waals surface area contributed by atoms with Crippen LogP contribution in [0.3, 0.4) is 0 Å². The maximum absolute atomic E-state index is 13.3. The number of rotatable bonds is 8. The highest BCUT2D eigenvalue weighted by molar-refractivity contribution is 7.90. The monoisotopic (exact) mass is 972 g/mol. The van der Waals surface area contributed by atoms with Gasteiger partial charge in [-0.1, -0.05) is 123 Å². The van der Waals surface area contributed by atoms with Gasteiger partial charge in [0.1, 0.15) is 28.7 Å². The number of hydrogen-bond donors (Lipinski definition) is 3. The zero-order valence-electron chi connectivity index (χ0n) is 39.4. The number of ketones is 1. The molecule has 3 N–H and O–H groups in total. The molecule has 0 saturated heterocycles. The Balaban J connectivity index is 0.000000171. The average Bonchev–Trinajstić information content (AvgIpc) is 3.39. The van der Waals surface area contributed by atoms with E-state index in [1.54, 1.807) is 110 Å². The van der Waals surface area contributed by atoms with Crippen LogP contribution >= 0.6 is 0 Å². The van der Waals surface area contributed by atoms with Gasteiger partial charge in [-0.25, -0.2) is 8.42 Å². The van der Waals surface area contributed by atoms with E-state index in [0.29, 0.717) is 62.7 Å². The van der Waals surface area contributed by atoms with Gasteiger partial charge in [0.15, 0.2) is 15.6 Å². The van der Waals surface area contributed by atoms with E-state index in [1.807, 2.05) is 54.6 Å². The molecule has 0 aliphatic heterocycles. The molecule has 0 atom stereocenters. The summed E-state index contributed by atoms with van der Waals surface area (Å²) in [5, 5.41) is 36.2. The summed E-state index contributed by atoms with van der Waals surface area (Å²) in [6.07, 6.45) is 2.75. The molecule has 10 rings (SSSR count). The topological polar surface area (TPSA) is 177 Å². The molecule has 0 unspecified atom stereocenters. The molecule has 13 heteroatoms. The lowest BCUT2D eigenvalue weighted by atomic mass is 9.92. The van der Waals surface area contributed by atoms with Crippen LogP contribution in [0.5, 0.6) is 28.7 Å². The molecule has 0 bridgehead atoms. The third kappa shape index (κ3) is 11.0. The number of sulfonamides is 1. The van der Waals surface area contributed by atoms with E-state index in [4.69, 9.17) is 16.0 Å². The molecule has 0 heterocycles. The van der Waals surface area contributed by atoms with Crippen molar-refractivity contribution in [3.63, 3.8) is 0 Å². The highest BCUT2D eigenvalue weighted by atomic mass is 32.2. The van der Waals surface area contributed by atoms with Crippen LogP contribution < -0.4 is 9.47 Å². The number of benzene rings is 9. The van der Waals surface area contributed by atoms with Crippen molar-refractivity contribution in [2.75, 3.05) is 14.2 Å². The van der Waals surface area contributed by atoms with Crippen molar-refractivity contribution in [3.05, 3.63) is 211 Å². The Bertz CT molecular complexity index is 3670. The fraction of sp³-hybridized carbons (Fsp3) is 0.0877. The summed E-state index contributed by atoms with van der Waals surface area (Å²) in [6, 6.07) is 52.1. The first-order valence-corrected chi connectivity index (χ1v) is 24.9. The fourth-order valence-corrected chi connectivity index (χ4v) is 10.2. The van der Waals surface area contributed by atoms with Gasteiger partial charge < -0.3 is 24.8 Å². The van der Waals surface area contributed by atoms with E-state index in [9.17, 15) is 31.8 Å². The fourth-order valence-electron chi connectivity index (χ4n) is 7.80. The number of phenolic OH excluding ortho intramolecular Hbond substituents is 3. The summed E-state index contributed by atoms with van der Waals surface area (Å²) in [5.41, 5.74) is 2.58. The molecule has 70 heavy (non-hydrogen) atoms. The standard InChI is InChI=1S/C28H22O5S.C17H13NO4S.C10H8O.C2H6/c1-33-20-11-13-21(14-12-20)34(31,32)17-19-16-25(28(30)24-9-5-4-7-22(19)24)27-23-8-3-2-6-18(23)10-15-26(27)29;1-22-12-6-8-13(9-7-12)23(20,21)18-16-10-11-17(19)15-5-3-2-4-14(15)16;11-10-6-5-8-3-1-2-4-9(8)7-10;1-2/h2-16,29-30H,17H2,1H3;2-11H,1H3;1-7,11H;1-2H3/i;;;1D. The van der Waals surface area contributed by atoms with Crippen LogP contribution in [0.25, 0.3) is 43.4 Å². The van der Waals surface area contributed by atoms with Gasteiger partial charge in [-0.2, -0.15) is 12.8 Å². The molecule has 9 aromatic rings. The molecule has 1 aliphatic carbocycles. The highest BCUT2D eigenvalue weighted by Crippen LogP contribution is 2.45. The smallest absolute Gasteiger partial charge is 0.282 e. The predicted octanol–water partition coefficient (Wildman–Crippen LogP) is 12.3. The maximum Gasteiger partial charge on any atom is 0.282 e. The lowest BCUT2D eigenvalue weighted by Crippen LogP contribution is -2.14. The molecule has 354 valence electrons. The van der Waals surface area contributed by atoms with Gasteiger partial charge in [0, 0.05) is 29.0 Å². The lowest BCUT2D eigenvalue weighted by molar-refractivity contribution is 0.104. The number of hydrogen-bond acceptors (Lipinski definition) is 10. The minimum absolute atomic E-state index is 0.00662. The number of methoxy groups -OCH3 is 2. The van der Waals surface area contributed by atoms with Crippen LogP contribution in [0.2, 0.25) is 0 Å². The Labute approximate surface area is 408 Å². The van der Waals surface area contributed by atoms with Crippen LogP contribution in [-0.2, 0) is 25.6 Å². The van der Waals surface area contributed by atoms with E-state index in [0.717, 1.165) is 21.5 Å². The third-order valence-electron chi connectivity index (χ3n) is 11.2. The van der Waals surface area contributed by atoms with E-state index in [1.165, 1.54) is 50.6 Å². The number of ether oxygens (including phenoxy) is 2. The normalized spacial score (nSPS) is 12.6. The zero-order valence-corrected chi connectivity index (χ0v) is 40.0. The second-order valence-electron chi connectivity index (χ2n) is 15.5. The van der Waals surface area contributed by atoms with Gasteiger partial charge in [-0.15, -0.1) is 0 Å². The van der Waals surface area contributed by atoms with Crippen molar-refractivity contribution in [1.29, 1.82) is 0 Å². The van der Waals surface area contributed by atoms with Crippen molar-refractivity contribution in [2.24, 2.45) is 4.40 Å². The van der Waals surface area contributed by atoms with Gasteiger partial charge in [-0.3, -0.25) is 4.79 Å². The molecule has 9 aromatic carbocycles. The molecule has 0 amide bonds. The van der Waals surface area contributed by atoms with Gasteiger partial charge >= 0.3 is 0 Å². The van der Waals surface area contributed by atoms with E-state index >= 15 is 0 Å². The molecular formula is C57H49NO10S2. The first-order chi connectivity index (χ1) is 34.2. The molecule has 0 aromatic heterocycles. The first-order valence-electron chi connectivity index (χ1n) is 22.5. The Morgan fingerprint density at radius 2 is 1.07 bits per heavy atom. The van der Waals surface area contributed by atoms with Gasteiger partial charge in [0.25, 0.3) is 10.0 Å². The first kappa shape index (κ1) is 48.2. The van der Waals surface area contributed by atoms with Crippen LogP contribution in [0.4, 0.5) is 0 Å². The van der Waals surface area contributed by atoms with Gasteiger partial charge in [0.05, 0.1) is 35.5 Å². The number of aromatic hydroxyl groups is 3. The molecule has 11 nitrogen and oxygen atoms in total. The number of allylic oxidation sites excluding steroid dienone is 2. The highest BCUT2D eigenvalue weighted by Gasteiger charge is 2.23. The zero-order chi connectivity index (χ0) is 50.7. The summed E-state index contributed by atoms with van der Waals surface area (Å²) < 4.78 is 71.7. The summed E-state index contributed by atoms with van der Waals surface area (Å²) in [5.74, 6) is 1.03. The largest absolute Gasteiger partial charge is 0.508 e. The van der Waals surface area contributed by atoms with Crippen molar-refractivity contribution in [2.45, 2.75) is 29.4 Å². The maximum atomic E-state index is 13.3. The Morgan fingerprint density at radius 3 is 1.71 bits per heavy atom. The second-order valence-corrected chi connectivity index (χ2v) is 19.1. The number of nitrogens with zero attached hydrogens (tertiary/aromatic N) is 1. The van der Waals surface area contributed by atoms with Gasteiger partial charge in [-0.05, 0) is 117 Å². The van der Waals surface area contributed by atoms with Crippen LogP contribution in [0.1, 0.15) is 36.7 Å². The third-order valence-corrected chi connectivity index (χ3v) is 14.2. The second kappa shape index (κ2) is 21.8. The molecule has 0 spiro atoms. The molecule has 0 saturated carbocycles. The summed E-state index contributed by atoms with van der Waals surface area (Å²) in [6.45, 7) is 2.29. The lowest BCUT2D eigenvalue weighted by Gasteiger charge is -2.16. The number of carbonyl (C=O) groups is 1. The van der Waals surface area contributed by atoms with Crippen molar-refractivity contribution in [3.8, 4) is 39.9 Å². The van der Waals surface area contributed by atoms with Crippen LogP contribution in [-0.4, -0.2) is 57.9 Å². The minimum atomic E-state index is -3.88. The molecule has 0 radical (unpaired) electrons. The van der Waals surface area contributed by atoms with E-state index in [-0.39, 0.29) is 38.5 Å². The number of carbonyl (C=O) groups excluding carboxylic acids is 1. The molecule has 1 aliphatic rings. The van der Waals surface area contributed by atoms with Crippen LogP contribution in [0, 0.1) is 0 Å². The van der Waals surface area contributed by atoms with Crippen molar-refractivity contribution < 1.29 is 47.8 Å². The van der Waals surface area contributed by atoms with E-state index < -0.39 is 19.9 Å². The van der Waals surface area contributed by atoms with E-state index in [2.05, 4.69) is 4.40 Å².